The first-order chi connectivity index (χ1) is 7.18. The van der Waals surface area contributed by atoms with Gasteiger partial charge in [0.15, 0.2) is 0 Å². The lowest BCUT2D eigenvalue weighted by Crippen LogP contribution is -2.41. The molecule has 1 saturated heterocycles. The normalized spacial score (nSPS) is 21.9. The summed E-state index contributed by atoms with van der Waals surface area (Å²) < 4.78 is 0. The van der Waals surface area contributed by atoms with Crippen LogP contribution in [-0.4, -0.2) is 17.3 Å². The van der Waals surface area contributed by atoms with Gasteiger partial charge in [-0.15, -0.1) is 0 Å². The predicted octanol–water partition coefficient (Wildman–Crippen LogP) is 2.89. The number of alkyl halides is 1. The largest absolute Gasteiger partial charge is 0.311 e. The van der Waals surface area contributed by atoms with Crippen LogP contribution in [0.5, 0.6) is 0 Å². The second kappa shape index (κ2) is 4.35. The standard InChI is InChI=1S/C12H14BrNO/c1-9-4-6-10(7-5-9)14-8-2-3-11(13)12(14)15/h4-7,11H,2-3,8H2,1H3/t11-/m1/s1. The van der Waals surface area contributed by atoms with Gasteiger partial charge in [0.05, 0.1) is 4.83 Å². The molecule has 0 unspecified atom stereocenters. The van der Waals surface area contributed by atoms with Crippen molar-refractivity contribution < 1.29 is 4.79 Å². The number of nitrogens with zero attached hydrogens (tertiary/aromatic N) is 1. The molecular formula is C12H14BrNO. The van der Waals surface area contributed by atoms with E-state index < -0.39 is 0 Å². The monoisotopic (exact) mass is 267 g/mol. The first-order valence-electron chi connectivity index (χ1n) is 5.20. The third-order valence-electron chi connectivity index (χ3n) is 2.72. The molecule has 3 heteroatoms. The molecule has 1 aliphatic heterocycles. The number of benzene rings is 1. The summed E-state index contributed by atoms with van der Waals surface area (Å²) in [6.45, 7) is 2.89. The number of carbonyl (C=O) groups excluding carboxylic acids is 1. The van der Waals surface area contributed by atoms with E-state index in [1.54, 1.807) is 0 Å². The van der Waals surface area contributed by atoms with Crippen molar-refractivity contribution in [2.45, 2.75) is 24.6 Å². The Morgan fingerprint density at radius 2 is 2.00 bits per heavy atom. The predicted molar refractivity (Wildman–Crippen MR) is 65.5 cm³/mol. The number of aryl methyl sites for hydroxylation is 1. The summed E-state index contributed by atoms with van der Waals surface area (Å²) in [5.41, 5.74) is 2.23. The Hall–Kier alpha value is -0.830. The lowest BCUT2D eigenvalue weighted by molar-refractivity contribution is -0.118. The highest BCUT2D eigenvalue weighted by atomic mass is 79.9. The van der Waals surface area contributed by atoms with Crippen LogP contribution in [0.2, 0.25) is 0 Å². The number of piperidine rings is 1. The minimum Gasteiger partial charge on any atom is -0.311 e. The summed E-state index contributed by atoms with van der Waals surface area (Å²) >= 11 is 3.41. The van der Waals surface area contributed by atoms with Gasteiger partial charge in [-0.3, -0.25) is 4.79 Å². The molecule has 0 saturated carbocycles. The van der Waals surface area contributed by atoms with Gasteiger partial charge in [0.2, 0.25) is 5.91 Å². The Balaban J connectivity index is 2.22. The van der Waals surface area contributed by atoms with E-state index in [0.717, 1.165) is 25.1 Å². The highest BCUT2D eigenvalue weighted by molar-refractivity contribution is 9.10. The summed E-state index contributed by atoms with van der Waals surface area (Å²) in [6.07, 6.45) is 2.01. The van der Waals surface area contributed by atoms with Crippen LogP contribution in [0, 0.1) is 6.92 Å². The Labute approximate surface area is 98.4 Å². The number of hydrogen-bond acceptors (Lipinski definition) is 1. The van der Waals surface area contributed by atoms with Crippen molar-refractivity contribution in [3.63, 3.8) is 0 Å². The fourth-order valence-electron chi connectivity index (χ4n) is 1.81. The van der Waals surface area contributed by atoms with Crippen LogP contribution in [0.15, 0.2) is 24.3 Å². The van der Waals surface area contributed by atoms with E-state index >= 15 is 0 Å². The lowest BCUT2D eigenvalue weighted by Gasteiger charge is -2.29. The summed E-state index contributed by atoms with van der Waals surface area (Å²) in [6, 6.07) is 8.11. The highest BCUT2D eigenvalue weighted by Crippen LogP contribution is 2.24. The van der Waals surface area contributed by atoms with Gasteiger partial charge in [0, 0.05) is 12.2 Å². The Morgan fingerprint density at radius 1 is 1.33 bits per heavy atom. The number of halogens is 1. The molecule has 15 heavy (non-hydrogen) atoms. The first kappa shape index (κ1) is 10.7. The van der Waals surface area contributed by atoms with Crippen molar-refractivity contribution in [1.29, 1.82) is 0 Å². The molecule has 1 aromatic carbocycles. The summed E-state index contributed by atoms with van der Waals surface area (Å²) in [5, 5.41) is 0. The zero-order valence-corrected chi connectivity index (χ0v) is 10.3. The molecule has 1 aliphatic rings. The van der Waals surface area contributed by atoms with Gasteiger partial charge in [-0.05, 0) is 31.9 Å². The maximum absolute atomic E-state index is 11.9. The topological polar surface area (TPSA) is 20.3 Å². The van der Waals surface area contributed by atoms with Gasteiger partial charge in [-0.25, -0.2) is 0 Å². The minimum atomic E-state index is -0.00690. The van der Waals surface area contributed by atoms with Crippen LogP contribution in [0.1, 0.15) is 18.4 Å². The third-order valence-corrected chi connectivity index (χ3v) is 3.57. The molecule has 1 fully saturated rings. The summed E-state index contributed by atoms with van der Waals surface area (Å²) in [7, 11) is 0. The molecule has 1 aromatic rings. The summed E-state index contributed by atoms with van der Waals surface area (Å²) in [4.78, 5) is 13.7. The van der Waals surface area contributed by atoms with Gasteiger partial charge in [-0.1, -0.05) is 33.6 Å². The van der Waals surface area contributed by atoms with E-state index in [4.69, 9.17) is 0 Å². The van der Waals surface area contributed by atoms with Crippen LogP contribution < -0.4 is 4.90 Å². The quantitative estimate of drug-likeness (QED) is 0.717. The van der Waals surface area contributed by atoms with E-state index in [2.05, 4.69) is 22.9 Å². The van der Waals surface area contributed by atoms with Gasteiger partial charge in [0.1, 0.15) is 0 Å². The molecule has 0 spiro atoms. The average Bonchev–Trinajstić information content (AvgIpc) is 2.24. The van der Waals surface area contributed by atoms with Crippen LogP contribution in [-0.2, 0) is 4.79 Å². The lowest BCUT2D eigenvalue weighted by atomic mass is 10.1. The molecule has 80 valence electrons. The van der Waals surface area contributed by atoms with Crippen molar-refractivity contribution in [2.24, 2.45) is 0 Å². The molecule has 1 amide bonds. The van der Waals surface area contributed by atoms with E-state index in [1.165, 1.54) is 5.56 Å². The van der Waals surface area contributed by atoms with Crippen molar-refractivity contribution in [1.82, 2.24) is 0 Å². The van der Waals surface area contributed by atoms with E-state index in [9.17, 15) is 4.79 Å². The Kier molecular flexibility index (Phi) is 3.10. The second-order valence-corrected chi connectivity index (χ2v) is 5.04. The van der Waals surface area contributed by atoms with Crippen molar-refractivity contribution in [3.05, 3.63) is 29.8 Å². The Morgan fingerprint density at radius 3 is 2.67 bits per heavy atom. The van der Waals surface area contributed by atoms with E-state index in [0.29, 0.717) is 0 Å². The van der Waals surface area contributed by atoms with Crippen molar-refractivity contribution >= 4 is 27.5 Å². The minimum absolute atomic E-state index is 0.00690. The molecule has 1 heterocycles. The number of rotatable bonds is 1. The van der Waals surface area contributed by atoms with Crippen molar-refractivity contribution in [2.75, 3.05) is 11.4 Å². The second-order valence-electron chi connectivity index (χ2n) is 3.94. The molecule has 0 bridgehead atoms. The number of carbonyl (C=O) groups is 1. The maximum atomic E-state index is 11.9. The summed E-state index contributed by atoms with van der Waals surface area (Å²) in [5.74, 6) is 0.185. The first-order valence-corrected chi connectivity index (χ1v) is 6.12. The third kappa shape index (κ3) is 2.23. The van der Waals surface area contributed by atoms with Gasteiger partial charge in [0.25, 0.3) is 0 Å². The Bertz CT molecular complexity index is 360. The van der Waals surface area contributed by atoms with Crippen LogP contribution in [0.4, 0.5) is 5.69 Å². The van der Waals surface area contributed by atoms with E-state index in [-0.39, 0.29) is 10.7 Å². The molecule has 1 atom stereocenters. The zero-order valence-electron chi connectivity index (χ0n) is 8.74. The molecule has 2 rings (SSSR count). The molecular weight excluding hydrogens is 254 g/mol. The smallest absolute Gasteiger partial charge is 0.240 e. The van der Waals surface area contributed by atoms with Crippen LogP contribution in [0.25, 0.3) is 0 Å². The maximum Gasteiger partial charge on any atom is 0.240 e. The van der Waals surface area contributed by atoms with Crippen LogP contribution >= 0.6 is 15.9 Å². The van der Waals surface area contributed by atoms with Gasteiger partial charge >= 0.3 is 0 Å². The van der Waals surface area contributed by atoms with Crippen molar-refractivity contribution in [3.8, 4) is 0 Å². The van der Waals surface area contributed by atoms with Gasteiger partial charge in [-0.2, -0.15) is 0 Å². The number of hydrogen-bond donors (Lipinski definition) is 0. The zero-order chi connectivity index (χ0) is 10.8. The molecule has 0 N–H and O–H groups in total. The average molecular weight is 268 g/mol. The fourth-order valence-corrected chi connectivity index (χ4v) is 2.38. The molecule has 0 aromatic heterocycles. The molecule has 0 radical (unpaired) electrons. The van der Waals surface area contributed by atoms with Gasteiger partial charge < -0.3 is 4.90 Å². The highest BCUT2D eigenvalue weighted by Gasteiger charge is 2.27. The SMILES string of the molecule is Cc1ccc(N2CCC[C@@H](Br)C2=O)cc1. The number of amides is 1. The molecule has 2 nitrogen and oxygen atoms in total. The van der Waals surface area contributed by atoms with Crippen LogP contribution in [0.3, 0.4) is 0 Å². The molecule has 0 aliphatic carbocycles. The number of anilines is 1. The van der Waals surface area contributed by atoms with E-state index in [1.807, 2.05) is 29.2 Å². The fraction of sp³-hybridized carbons (Fsp3) is 0.417.